The van der Waals surface area contributed by atoms with E-state index in [0.29, 0.717) is 43.9 Å². The van der Waals surface area contributed by atoms with Crippen LogP contribution in [0.4, 0.5) is 0 Å². The monoisotopic (exact) mass is 603 g/mol. The number of halogens is 1. The Balaban J connectivity index is 1.18. The zero-order valence-electron chi connectivity index (χ0n) is 24.2. The Kier molecular flexibility index (Phi) is 9.09. The molecule has 1 saturated carbocycles. The second-order valence-electron chi connectivity index (χ2n) is 11.9. The van der Waals surface area contributed by atoms with Crippen LogP contribution in [0.5, 0.6) is 0 Å². The van der Waals surface area contributed by atoms with Crippen LogP contribution in [0.2, 0.25) is 5.02 Å². The minimum absolute atomic E-state index is 0.108. The zero-order valence-corrected chi connectivity index (χ0v) is 25.0. The standard InChI is InChI=1S/C33H38ClN5O4/c34-25-12-10-22(11-13-25)18-29(37-31(40)28-19-23-6-4-5-7-24(23)20-35-28)32(41)38-17-15-27(21-38)39(26-8-2-1-3-9-26)33(42)30-14-16-36-43-30/h4-7,10-14,16,26-29,35H,1-3,8-9,15,17-21H2,(H,37,40)/t27-,28+,29+/m0/s1. The van der Waals surface area contributed by atoms with Crippen LogP contribution < -0.4 is 10.6 Å². The summed E-state index contributed by atoms with van der Waals surface area (Å²) in [6.45, 7) is 1.53. The number of aromatic nitrogens is 1. The van der Waals surface area contributed by atoms with Crippen molar-refractivity contribution in [2.45, 2.75) is 82.1 Å². The molecule has 2 aromatic carbocycles. The van der Waals surface area contributed by atoms with E-state index in [9.17, 15) is 14.4 Å². The summed E-state index contributed by atoms with van der Waals surface area (Å²) in [5.74, 6) is -0.275. The number of rotatable bonds is 8. The van der Waals surface area contributed by atoms with E-state index in [-0.39, 0.29) is 35.6 Å². The number of carbonyl (C=O) groups excluding carboxylic acids is 3. The molecule has 1 aliphatic carbocycles. The molecule has 3 atom stereocenters. The second-order valence-corrected chi connectivity index (χ2v) is 12.3. The van der Waals surface area contributed by atoms with Gasteiger partial charge in [0.1, 0.15) is 6.04 Å². The summed E-state index contributed by atoms with van der Waals surface area (Å²) in [5.41, 5.74) is 3.24. The van der Waals surface area contributed by atoms with Crippen molar-refractivity contribution in [3.63, 3.8) is 0 Å². The van der Waals surface area contributed by atoms with Crippen molar-refractivity contribution >= 4 is 29.3 Å². The van der Waals surface area contributed by atoms with E-state index < -0.39 is 12.1 Å². The fraction of sp³-hybridized carbons (Fsp3) is 0.455. The molecule has 3 aliphatic rings. The lowest BCUT2D eigenvalue weighted by atomic mass is 9.92. The third-order valence-electron chi connectivity index (χ3n) is 9.09. The first-order valence-corrected chi connectivity index (χ1v) is 15.7. The third kappa shape index (κ3) is 6.78. The van der Waals surface area contributed by atoms with Crippen molar-refractivity contribution in [1.29, 1.82) is 0 Å². The molecule has 2 fully saturated rings. The van der Waals surface area contributed by atoms with Crippen LogP contribution in [0.25, 0.3) is 0 Å². The maximum atomic E-state index is 14.1. The summed E-state index contributed by atoms with van der Waals surface area (Å²) in [6.07, 6.45) is 8.28. The maximum Gasteiger partial charge on any atom is 0.293 e. The number of nitrogens with one attached hydrogen (secondary N) is 2. The highest BCUT2D eigenvalue weighted by atomic mass is 35.5. The lowest BCUT2D eigenvalue weighted by molar-refractivity contribution is -0.136. The number of fused-ring (bicyclic) bond motifs is 1. The minimum Gasteiger partial charge on any atom is -0.351 e. The first kappa shape index (κ1) is 29.4. The molecule has 0 bridgehead atoms. The Morgan fingerprint density at radius 2 is 1.77 bits per heavy atom. The van der Waals surface area contributed by atoms with E-state index in [4.69, 9.17) is 16.1 Å². The number of carbonyl (C=O) groups is 3. The van der Waals surface area contributed by atoms with Crippen LogP contribution in [-0.4, -0.2) is 69.9 Å². The predicted octanol–water partition coefficient (Wildman–Crippen LogP) is 4.15. The van der Waals surface area contributed by atoms with Crippen molar-refractivity contribution < 1.29 is 18.9 Å². The van der Waals surface area contributed by atoms with Crippen LogP contribution in [0, 0.1) is 0 Å². The van der Waals surface area contributed by atoms with Crippen molar-refractivity contribution in [2.24, 2.45) is 0 Å². The molecule has 9 nitrogen and oxygen atoms in total. The van der Waals surface area contributed by atoms with Gasteiger partial charge in [0.25, 0.3) is 5.91 Å². The van der Waals surface area contributed by atoms with Gasteiger partial charge in [-0.05, 0) is 54.5 Å². The van der Waals surface area contributed by atoms with Gasteiger partial charge in [0.2, 0.25) is 17.6 Å². The number of nitrogens with zero attached hydrogens (tertiary/aromatic N) is 3. The molecule has 0 radical (unpaired) electrons. The zero-order chi connectivity index (χ0) is 29.8. The van der Waals surface area contributed by atoms with Crippen molar-refractivity contribution in [1.82, 2.24) is 25.6 Å². The van der Waals surface area contributed by atoms with Crippen LogP contribution in [-0.2, 0) is 29.0 Å². The fourth-order valence-electron chi connectivity index (χ4n) is 6.80. The van der Waals surface area contributed by atoms with E-state index >= 15 is 0 Å². The third-order valence-corrected chi connectivity index (χ3v) is 9.34. The molecule has 6 rings (SSSR count). The first-order chi connectivity index (χ1) is 21.0. The minimum atomic E-state index is -0.750. The SMILES string of the molecule is O=C(N[C@H](Cc1ccc(Cl)cc1)C(=O)N1CC[C@H](N(C(=O)c2ccno2)C2CCCCC2)C1)[C@H]1Cc2ccccc2CN1. The molecular formula is C33H38ClN5O4. The number of amides is 3. The van der Waals surface area contributed by atoms with Gasteiger partial charge >= 0.3 is 0 Å². The normalized spacial score (nSPS) is 21.2. The quantitative estimate of drug-likeness (QED) is 0.401. The largest absolute Gasteiger partial charge is 0.351 e. The van der Waals surface area contributed by atoms with Crippen LogP contribution in [0.3, 0.4) is 0 Å². The highest BCUT2D eigenvalue weighted by molar-refractivity contribution is 6.30. The number of hydrogen-bond acceptors (Lipinski definition) is 6. The summed E-state index contributed by atoms with van der Waals surface area (Å²) >= 11 is 6.12. The average Bonchev–Trinajstić information content (AvgIpc) is 3.75. The summed E-state index contributed by atoms with van der Waals surface area (Å²) in [7, 11) is 0. The van der Waals surface area contributed by atoms with Gasteiger partial charge in [-0.3, -0.25) is 14.4 Å². The van der Waals surface area contributed by atoms with E-state index in [1.165, 1.54) is 18.2 Å². The molecule has 3 heterocycles. The second kappa shape index (κ2) is 13.3. The van der Waals surface area contributed by atoms with E-state index in [0.717, 1.165) is 36.8 Å². The van der Waals surface area contributed by atoms with Crippen molar-refractivity contribution in [3.8, 4) is 0 Å². The van der Waals surface area contributed by atoms with Gasteiger partial charge in [-0.15, -0.1) is 0 Å². The summed E-state index contributed by atoms with van der Waals surface area (Å²) in [4.78, 5) is 45.0. The molecule has 226 valence electrons. The molecule has 0 unspecified atom stereocenters. The van der Waals surface area contributed by atoms with Gasteiger partial charge < -0.3 is 25.0 Å². The lowest BCUT2D eigenvalue weighted by Crippen LogP contribution is -2.56. The molecule has 3 aromatic rings. The Labute approximate surface area is 256 Å². The predicted molar refractivity (Wildman–Crippen MR) is 162 cm³/mol. The van der Waals surface area contributed by atoms with Gasteiger partial charge in [-0.1, -0.05) is 72.4 Å². The fourth-order valence-corrected chi connectivity index (χ4v) is 6.93. The average molecular weight is 604 g/mol. The Hall–Kier alpha value is -3.69. The van der Waals surface area contributed by atoms with Crippen LogP contribution in [0.15, 0.2) is 65.3 Å². The van der Waals surface area contributed by atoms with Crippen molar-refractivity contribution in [2.75, 3.05) is 13.1 Å². The lowest BCUT2D eigenvalue weighted by Gasteiger charge is -2.38. The number of benzene rings is 2. The molecule has 2 aliphatic heterocycles. The van der Waals surface area contributed by atoms with Crippen LogP contribution in [0.1, 0.15) is 65.8 Å². The summed E-state index contributed by atoms with van der Waals surface area (Å²) in [5, 5.41) is 10.8. The molecule has 1 aromatic heterocycles. The number of likely N-dealkylation sites (tertiary alicyclic amines) is 1. The number of hydrogen-bond donors (Lipinski definition) is 2. The van der Waals surface area contributed by atoms with Gasteiger partial charge in [0, 0.05) is 43.2 Å². The summed E-state index contributed by atoms with van der Waals surface area (Å²) in [6, 6.07) is 15.9. The smallest absolute Gasteiger partial charge is 0.293 e. The van der Waals surface area contributed by atoms with Gasteiger partial charge in [0.05, 0.1) is 18.3 Å². The van der Waals surface area contributed by atoms with Gasteiger partial charge in [0.15, 0.2) is 0 Å². The molecule has 10 heteroatoms. The van der Waals surface area contributed by atoms with Crippen LogP contribution >= 0.6 is 11.6 Å². The molecule has 1 saturated heterocycles. The maximum absolute atomic E-state index is 14.1. The molecule has 2 N–H and O–H groups in total. The van der Waals surface area contributed by atoms with E-state index in [2.05, 4.69) is 27.9 Å². The molecule has 3 amide bonds. The molecule has 0 spiro atoms. The van der Waals surface area contributed by atoms with Gasteiger partial charge in [-0.2, -0.15) is 0 Å². The van der Waals surface area contributed by atoms with E-state index in [1.807, 2.05) is 29.2 Å². The highest BCUT2D eigenvalue weighted by Gasteiger charge is 2.40. The molecule has 43 heavy (non-hydrogen) atoms. The Morgan fingerprint density at radius 3 is 2.51 bits per heavy atom. The van der Waals surface area contributed by atoms with Crippen molar-refractivity contribution in [3.05, 3.63) is 88.3 Å². The first-order valence-electron chi connectivity index (χ1n) is 15.3. The Morgan fingerprint density at radius 1 is 1.00 bits per heavy atom. The Bertz CT molecular complexity index is 1420. The van der Waals surface area contributed by atoms with Gasteiger partial charge in [-0.25, -0.2) is 0 Å². The topological polar surface area (TPSA) is 108 Å². The molecular weight excluding hydrogens is 566 g/mol. The van der Waals surface area contributed by atoms with E-state index in [1.54, 1.807) is 23.1 Å². The highest BCUT2D eigenvalue weighted by Crippen LogP contribution is 2.29. The summed E-state index contributed by atoms with van der Waals surface area (Å²) < 4.78 is 5.25.